The van der Waals surface area contributed by atoms with Crippen LogP contribution in [0.2, 0.25) is 0 Å². The van der Waals surface area contributed by atoms with Gasteiger partial charge in [0.25, 0.3) is 0 Å². The maximum atomic E-state index is 12.1. The summed E-state index contributed by atoms with van der Waals surface area (Å²) in [6, 6.07) is 11.4. The lowest BCUT2D eigenvalue weighted by atomic mass is 10.1. The van der Waals surface area contributed by atoms with E-state index in [2.05, 4.69) is 4.74 Å². The summed E-state index contributed by atoms with van der Waals surface area (Å²) in [7, 11) is 1.61. The Morgan fingerprint density at radius 3 is 2.08 bits per heavy atom. The highest BCUT2D eigenvalue weighted by Gasteiger charge is 2.31. The number of hydrogen-bond donors (Lipinski definition) is 0. The Hall–Kier alpha value is -2.54. The van der Waals surface area contributed by atoms with Gasteiger partial charge in [-0.05, 0) is 48.4 Å². The van der Waals surface area contributed by atoms with Crippen LogP contribution in [0, 0.1) is 0 Å². The molecule has 0 aromatic heterocycles. The van der Waals surface area contributed by atoms with Crippen LogP contribution in [-0.2, 0) is 11.2 Å². The van der Waals surface area contributed by atoms with E-state index in [1.807, 2.05) is 0 Å². The lowest BCUT2D eigenvalue weighted by Gasteiger charge is -2.09. The highest BCUT2D eigenvalue weighted by molar-refractivity contribution is 5.91. The molecular formula is C17H15F3O4. The van der Waals surface area contributed by atoms with Gasteiger partial charge in [0.05, 0.1) is 12.2 Å². The van der Waals surface area contributed by atoms with Gasteiger partial charge in [0, 0.05) is 7.11 Å². The van der Waals surface area contributed by atoms with Crippen molar-refractivity contribution in [2.75, 3.05) is 13.7 Å². The van der Waals surface area contributed by atoms with E-state index in [0.29, 0.717) is 12.2 Å². The first-order valence-electron chi connectivity index (χ1n) is 7.03. The van der Waals surface area contributed by atoms with E-state index in [4.69, 9.17) is 9.47 Å². The summed E-state index contributed by atoms with van der Waals surface area (Å²) in [4.78, 5) is 12.0. The van der Waals surface area contributed by atoms with Crippen LogP contribution >= 0.6 is 0 Å². The van der Waals surface area contributed by atoms with E-state index in [1.54, 1.807) is 31.4 Å². The van der Waals surface area contributed by atoms with Crippen molar-refractivity contribution in [2.24, 2.45) is 0 Å². The van der Waals surface area contributed by atoms with Gasteiger partial charge in [-0.1, -0.05) is 12.1 Å². The van der Waals surface area contributed by atoms with Crippen LogP contribution in [0.3, 0.4) is 0 Å². The topological polar surface area (TPSA) is 44.8 Å². The minimum Gasteiger partial charge on any atom is -0.423 e. The smallest absolute Gasteiger partial charge is 0.423 e. The standard InChI is InChI=1S/C17H15F3O4/c1-22-11-10-12-2-4-13(5-3-12)16(21)23-14-6-8-15(9-7-14)24-17(18,19)20/h2-9H,10-11H2,1H3. The van der Waals surface area contributed by atoms with Gasteiger partial charge >= 0.3 is 12.3 Å². The third-order valence-corrected chi connectivity index (χ3v) is 3.05. The average Bonchev–Trinajstić information content (AvgIpc) is 2.54. The second kappa shape index (κ2) is 7.83. The van der Waals surface area contributed by atoms with Crippen molar-refractivity contribution < 1.29 is 32.2 Å². The predicted octanol–water partition coefficient (Wildman–Crippen LogP) is 3.99. The van der Waals surface area contributed by atoms with Gasteiger partial charge in [-0.2, -0.15) is 0 Å². The number of methoxy groups -OCH3 is 1. The van der Waals surface area contributed by atoms with Crippen molar-refractivity contribution in [3.05, 3.63) is 59.7 Å². The fraction of sp³-hybridized carbons (Fsp3) is 0.235. The molecule has 0 aliphatic rings. The molecule has 4 nitrogen and oxygen atoms in total. The molecule has 0 fully saturated rings. The number of halogens is 3. The summed E-state index contributed by atoms with van der Waals surface area (Å²) < 4.78 is 50.0. The molecule has 0 unspecified atom stereocenters. The summed E-state index contributed by atoms with van der Waals surface area (Å²) in [5, 5.41) is 0. The summed E-state index contributed by atoms with van der Waals surface area (Å²) in [6.07, 6.45) is -4.03. The van der Waals surface area contributed by atoms with Crippen molar-refractivity contribution in [1.82, 2.24) is 0 Å². The highest BCUT2D eigenvalue weighted by atomic mass is 19.4. The fourth-order valence-electron chi connectivity index (χ4n) is 1.90. The maximum Gasteiger partial charge on any atom is 0.573 e. The number of benzene rings is 2. The quantitative estimate of drug-likeness (QED) is 0.589. The van der Waals surface area contributed by atoms with Gasteiger partial charge in [0.15, 0.2) is 0 Å². The zero-order chi connectivity index (χ0) is 17.6. The van der Waals surface area contributed by atoms with Crippen LogP contribution < -0.4 is 9.47 Å². The Balaban J connectivity index is 1.96. The normalized spacial score (nSPS) is 11.2. The summed E-state index contributed by atoms with van der Waals surface area (Å²) >= 11 is 0. The molecule has 2 aromatic carbocycles. The van der Waals surface area contributed by atoms with Crippen molar-refractivity contribution in [1.29, 1.82) is 0 Å². The molecule has 0 aliphatic heterocycles. The van der Waals surface area contributed by atoms with E-state index in [-0.39, 0.29) is 11.5 Å². The second-order valence-corrected chi connectivity index (χ2v) is 4.85. The molecule has 0 saturated heterocycles. The lowest BCUT2D eigenvalue weighted by molar-refractivity contribution is -0.274. The Morgan fingerprint density at radius 1 is 0.958 bits per heavy atom. The predicted molar refractivity (Wildman–Crippen MR) is 80.1 cm³/mol. The Kier molecular flexibility index (Phi) is 5.81. The first-order valence-corrected chi connectivity index (χ1v) is 7.03. The van der Waals surface area contributed by atoms with Gasteiger partial charge in [-0.25, -0.2) is 4.79 Å². The molecule has 2 aromatic rings. The van der Waals surface area contributed by atoms with Crippen LogP contribution in [0.5, 0.6) is 11.5 Å². The van der Waals surface area contributed by atoms with E-state index in [0.717, 1.165) is 24.1 Å². The van der Waals surface area contributed by atoms with Gasteiger partial charge < -0.3 is 14.2 Å². The summed E-state index contributed by atoms with van der Waals surface area (Å²) in [5.41, 5.74) is 1.36. The first kappa shape index (κ1) is 17.8. The largest absolute Gasteiger partial charge is 0.573 e. The van der Waals surface area contributed by atoms with E-state index in [1.165, 1.54) is 12.1 Å². The molecule has 24 heavy (non-hydrogen) atoms. The van der Waals surface area contributed by atoms with Gasteiger partial charge in [0.2, 0.25) is 0 Å². The number of carbonyl (C=O) groups excluding carboxylic acids is 1. The zero-order valence-electron chi connectivity index (χ0n) is 12.8. The molecule has 0 bridgehead atoms. The molecule has 0 N–H and O–H groups in total. The van der Waals surface area contributed by atoms with Crippen molar-refractivity contribution in [3.63, 3.8) is 0 Å². The molecule has 0 spiro atoms. The molecular weight excluding hydrogens is 325 g/mol. The fourth-order valence-corrected chi connectivity index (χ4v) is 1.90. The van der Waals surface area contributed by atoms with Crippen molar-refractivity contribution >= 4 is 5.97 Å². The monoisotopic (exact) mass is 340 g/mol. The van der Waals surface area contributed by atoms with Crippen LogP contribution in [0.1, 0.15) is 15.9 Å². The number of ether oxygens (including phenoxy) is 3. The molecule has 0 atom stereocenters. The van der Waals surface area contributed by atoms with E-state index >= 15 is 0 Å². The highest BCUT2D eigenvalue weighted by Crippen LogP contribution is 2.25. The van der Waals surface area contributed by atoms with E-state index < -0.39 is 12.3 Å². The number of carbonyl (C=O) groups is 1. The second-order valence-electron chi connectivity index (χ2n) is 4.85. The summed E-state index contributed by atoms with van der Waals surface area (Å²) in [6.45, 7) is 0.580. The number of hydrogen-bond acceptors (Lipinski definition) is 4. The Labute approximate surface area is 136 Å². The van der Waals surface area contributed by atoms with Gasteiger partial charge in [0.1, 0.15) is 11.5 Å². The lowest BCUT2D eigenvalue weighted by Crippen LogP contribution is -2.17. The van der Waals surface area contributed by atoms with Crippen LogP contribution in [0.25, 0.3) is 0 Å². The SMILES string of the molecule is COCCc1ccc(C(=O)Oc2ccc(OC(F)(F)F)cc2)cc1. The minimum atomic E-state index is -4.76. The number of rotatable bonds is 6. The van der Waals surface area contributed by atoms with Crippen LogP contribution in [-0.4, -0.2) is 26.0 Å². The Morgan fingerprint density at radius 2 is 1.54 bits per heavy atom. The van der Waals surface area contributed by atoms with E-state index in [9.17, 15) is 18.0 Å². The van der Waals surface area contributed by atoms with Crippen LogP contribution in [0.15, 0.2) is 48.5 Å². The van der Waals surface area contributed by atoms with Gasteiger partial charge in [-0.3, -0.25) is 0 Å². The first-order chi connectivity index (χ1) is 11.4. The molecule has 0 saturated carbocycles. The zero-order valence-corrected chi connectivity index (χ0v) is 12.8. The minimum absolute atomic E-state index is 0.123. The van der Waals surface area contributed by atoms with Crippen molar-refractivity contribution in [3.8, 4) is 11.5 Å². The third kappa shape index (κ3) is 5.58. The third-order valence-electron chi connectivity index (χ3n) is 3.05. The molecule has 0 aliphatic carbocycles. The molecule has 2 rings (SSSR count). The molecule has 0 heterocycles. The Bertz CT molecular complexity index is 664. The molecule has 0 radical (unpaired) electrons. The maximum absolute atomic E-state index is 12.1. The molecule has 128 valence electrons. The average molecular weight is 340 g/mol. The number of esters is 1. The molecule has 7 heteroatoms. The number of alkyl halides is 3. The van der Waals surface area contributed by atoms with Crippen LogP contribution in [0.4, 0.5) is 13.2 Å². The molecule has 0 amide bonds. The van der Waals surface area contributed by atoms with Crippen molar-refractivity contribution in [2.45, 2.75) is 12.8 Å². The van der Waals surface area contributed by atoms with Gasteiger partial charge in [-0.15, -0.1) is 13.2 Å². The summed E-state index contributed by atoms with van der Waals surface area (Å²) in [5.74, 6) is -0.861.